The second-order valence-electron chi connectivity index (χ2n) is 8.48. The third kappa shape index (κ3) is 6.08. The standard InChI is InChI=1S/C28H28ClN3O3/c1-4-20(3)32(17-26-30-27(31-35-26)21-11-7-9-19(2)15-21)28(33)22-12-8-13-24(16-22)34-18-23-10-5-6-14-25(23)29/h5-16,20H,4,17-18H2,1-3H3/t20-/m0/s1. The van der Waals surface area contributed by atoms with E-state index in [0.29, 0.717) is 34.7 Å². The van der Waals surface area contributed by atoms with Gasteiger partial charge in [-0.3, -0.25) is 4.79 Å². The number of carbonyl (C=O) groups excluding carboxylic acids is 1. The lowest BCUT2D eigenvalue weighted by Gasteiger charge is -2.27. The number of aromatic nitrogens is 2. The molecule has 0 bridgehead atoms. The zero-order valence-corrected chi connectivity index (χ0v) is 20.8. The van der Waals surface area contributed by atoms with Crippen LogP contribution in [0.15, 0.2) is 77.3 Å². The van der Waals surface area contributed by atoms with Crippen LogP contribution in [0, 0.1) is 6.92 Å². The first kappa shape index (κ1) is 24.5. The molecule has 1 atom stereocenters. The van der Waals surface area contributed by atoms with Gasteiger partial charge < -0.3 is 14.2 Å². The summed E-state index contributed by atoms with van der Waals surface area (Å²) in [7, 11) is 0. The molecule has 7 heteroatoms. The maximum absolute atomic E-state index is 13.5. The third-order valence-electron chi connectivity index (χ3n) is 5.87. The van der Waals surface area contributed by atoms with Crippen LogP contribution in [0.25, 0.3) is 11.4 Å². The predicted molar refractivity (Wildman–Crippen MR) is 136 cm³/mol. The second-order valence-corrected chi connectivity index (χ2v) is 8.89. The molecule has 1 aromatic heterocycles. The van der Waals surface area contributed by atoms with Gasteiger partial charge in [0.25, 0.3) is 5.91 Å². The van der Waals surface area contributed by atoms with Crippen molar-refractivity contribution in [3.8, 4) is 17.1 Å². The molecule has 0 aliphatic heterocycles. The van der Waals surface area contributed by atoms with E-state index in [-0.39, 0.29) is 18.5 Å². The summed E-state index contributed by atoms with van der Waals surface area (Å²) in [6.07, 6.45) is 0.785. The van der Waals surface area contributed by atoms with Crippen molar-refractivity contribution in [3.05, 3.63) is 100 Å². The maximum atomic E-state index is 13.5. The summed E-state index contributed by atoms with van der Waals surface area (Å²) in [4.78, 5) is 19.8. The van der Waals surface area contributed by atoms with Gasteiger partial charge in [0.2, 0.25) is 11.7 Å². The number of carbonyl (C=O) groups is 1. The fourth-order valence-electron chi connectivity index (χ4n) is 3.68. The summed E-state index contributed by atoms with van der Waals surface area (Å²) in [6.45, 7) is 6.60. The van der Waals surface area contributed by atoms with Gasteiger partial charge in [-0.1, -0.05) is 71.7 Å². The number of nitrogens with zero attached hydrogens (tertiary/aromatic N) is 3. The van der Waals surface area contributed by atoms with Gasteiger partial charge in [-0.15, -0.1) is 0 Å². The van der Waals surface area contributed by atoms with Crippen LogP contribution in [0.2, 0.25) is 5.02 Å². The first-order valence-electron chi connectivity index (χ1n) is 11.6. The Balaban J connectivity index is 1.50. The molecule has 0 spiro atoms. The maximum Gasteiger partial charge on any atom is 0.254 e. The highest BCUT2D eigenvalue weighted by atomic mass is 35.5. The van der Waals surface area contributed by atoms with E-state index < -0.39 is 0 Å². The zero-order valence-electron chi connectivity index (χ0n) is 20.1. The van der Waals surface area contributed by atoms with Crippen LogP contribution in [-0.2, 0) is 13.2 Å². The van der Waals surface area contributed by atoms with E-state index in [9.17, 15) is 4.79 Å². The van der Waals surface area contributed by atoms with Crippen LogP contribution in [0.1, 0.15) is 47.6 Å². The first-order chi connectivity index (χ1) is 16.9. The molecule has 0 aliphatic rings. The molecule has 0 N–H and O–H groups in total. The number of benzene rings is 3. The Morgan fingerprint density at radius 3 is 2.66 bits per heavy atom. The zero-order chi connectivity index (χ0) is 24.8. The SMILES string of the molecule is CC[C@H](C)N(Cc1nc(-c2cccc(C)c2)no1)C(=O)c1cccc(OCc2ccccc2Cl)c1. The lowest BCUT2D eigenvalue weighted by molar-refractivity contribution is 0.0646. The first-order valence-corrected chi connectivity index (χ1v) is 12.0. The molecule has 180 valence electrons. The second kappa shape index (κ2) is 11.2. The van der Waals surface area contributed by atoms with E-state index in [1.807, 2.05) is 81.4 Å². The predicted octanol–water partition coefficient (Wildman–Crippen LogP) is 6.72. The van der Waals surface area contributed by atoms with Crippen LogP contribution in [-0.4, -0.2) is 27.0 Å². The van der Waals surface area contributed by atoms with E-state index in [2.05, 4.69) is 10.1 Å². The Labute approximate surface area is 210 Å². The smallest absolute Gasteiger partial charge is 0.254 e. The summed E-state index contributed by atoms with van der Waals surface area (Å²) in [5, 5.41) is 4.76. The van der Waals surface area contributed by atoms with Gasteiger partial charge in [0.1, 0.15) is 18.9 Å². The van der Waals surface area contributed by atoms with Crippen molar-refractivity contribution < 1.29 is 14.1 Å². The van der Waals surface area contributed by atoms with Crippen molar-refractivity contribution in [3.63, 3.8) is 0 Å². The minimum Gasteiger partial charge on any atom is -0.489 e. The number of ether oxygens (including phenoxy) is 1. The quantitative estimate of drug-likeness (QED) is 0.261. The summed E-state index contributed by atoms with van der Waals surface area (Å²) in [5.41, 5.74) is 3.40. The molecule has 1 amide bonds. The molecule has 1 heterocycles. The highest BCUT2D eigenvalue weighted by Gasteiger charge is 2.24. The van der Waals surface area contributed by atoms with E-state index in [0.717, 1.165) is 23.1 Å². The average Bonchev–Trinajstić information content (AvgIpc) is 3.35. The van der Waals surface area contributed by atoms with E-state index in [1.165, 1.54) is 0 Å². The van der Waals surface area contributed by atoms with Crippen LogP contribution in [0.5, 0.6) is 5.75 Å². The number of hydrogen-bond donors (Lipinski definition) is 0. The summed E-state index contributed by atoms with van der Waals surface area (Å²) < 4.78 is 11.4. The van der Waals surface area contributed by atoms with Gasteiger partial charge >= 0.3 is 0 Å². The van der Waals surface area contributed by atoms with Crippen molar-refractivity contribution in [1.29, 1.82) is 0 Å². The molecule has 6 nitrogen and oxygen atoms in total. The summed E-state index contributed by atoms with van der Waals surface area (Å²) in [5.74, 6) is 1.37. The Hall–Kier alpha value is -3.64. The minimum absolute atomic E-state index is 0.0236. The number of hydrogen-bond acceptors (Lipinski definition) is 5. The molecule has 0 saturated heterocycles. The Bertz CT molecular complexity index is 1300. The highest BCUT2D eigenvalue weighted by Crippen LogP contribution is 2.23. The lowest BCUT2D eigenvalue weighted by Crippen LogP contribution is -2.37. The Morgan fingerprint density at radius 2 is 1.89 bits per heavy atom. The monoisotopic (exact) mass is 489 g/mol. The molecule has 0 radical (unpaired) electrons. The molecule has 0 aliphatic carbocycles. The van der Waals surface area contributed by atoms with Crippen LogP contribution >= 0.6 is 11.6 Å². The molecule has 4 aromatic rings. The molecule has 0 saturated carbocycles. The molecule has 4 rings (SSSR count). The fourth-order valence-corrected chi connectivity index (χ4v) is 3.87. The van der Waals surface area contributed by atoms with Gasteiger partial charge in [-0.05, 0) is 50.6 Å². The molecular formula is C28H28ClN3O3. The van der Waals surface area contributed by atoms with Crippen molar-refractivity contribution >= 4 is 17.5 Å². The summed E-state index contributed by atoms with van der Waals surface area (Å²) >= 11 is 6.23. The van der Waals surface area contributed by atoms with E-state index in [4.69, 9.17) is 20.9 Å². The van der Waals surface area contributed by atoms with Gasteiger partial charge in [0.05, 0.1) is 0 Å². The van der Waals surface area contributed by atoms with Crippen molar-refractivity contribution in [1.82, 2.24) is 15.0 Å². The van der Waals surface area contributed by atoms with Crippen LogP contribution in [0.3, 0.4) is 0 Å². The molecular weight excluding hydrogens is 462 g/mol. The normalized spacial score (nSPS) is 11.8. The fraction of sp³-hybridized carbons (Fsp3) is 0.250. The van der Waals surface area contributed by atoms with Crippen LogP contribution in [0.4, 0.5) is 0 Å². The molecule has 35 heavy (non-hydrogen) atoms. The van der Waals surface area contributed by atoms with Crippen LogP contribution < -0.4 is 4.74 Å². The van der Waals surface area contributed by atoms with Gasteiger partial charge in [0.15, 0.2) is 0 Å². The average molecular weight is 490 g/mol. The number of amides is 1. The number of aryl methyl sites for hydroxylation is 1. The topological polar surface area (TPSA) is 68.5 Å². The number of rotatable bonds is 9. The molecule has 0 unspecified atom stereocenters. The lowest BCUT2D eigenvalue weighted by atomic mass is 10.1. The largest absolute Gasteiger partial charge is 0.489 e. The third-order valence-corrected chi connectivity index (χ3v) is 6.24. The molecule has 3 aromatic carbocycles. The van der Waals surface area contributed by atoms with Gasteiger partial charge in [-0.2, -0.15) is 4.98 Å². The van der Waals surface area contributed by atoms with Crippen molar-refractivity contribution in [2.45, 2.75) is 46.4 Å². The summed E-state index contributed by atoms with van der Waals surface area (Å²) in [6, 6.07) is 22.6. The highest BCUT2D eigenvalue weighted by molar-refractivity contribution is 6.31. The van der Waals surface area contributed by atoms with Crippen molar-refractivity contribution in [2.75, 3.05) is 0 Å². The molecule has 0 fully saturated rings. The van der Waals surface area contributed by atoms with E-state index >= 15 is 0 Å². The Kier molecular flexibility index (Phi) is 7.83. The minimum atomic E-state index is -0.127. The van der Waals surface area contributed by atoms with Gasteiger partial charge in [-0.25, -0.2) is 0 Å². The van der Waals surface area contributed by atoms with E-state index in [1.54, 1.807) is 17.0 Å². The number of halogens is 1. The Morgan fingerprint density at radius 1 is 1.09 bits per heavy atom. The van der Waals surface area contributed by atoms with Gasteiger partial charge in [0, 0.05) is 27.8 Å². The van der Waals surface area contributed by atoms with Crippen molar-refractivity contribution in [2.24, 2.45) is 0 Å².